The van der Waals surface area contributed by atoms with Crippen molar-refractivity contribution in [2.75, 3.05) is 12.0 Å². The fraction of sp³-hybridized carbons (Fsp3) is 0.615. The summed E-state index contributed by atoms with van der Waals surface area (Å²) in [7, 11) is 0. The number of carbonyl (C=O) groups excluding carboxylic acids is 1. The van der Waals surface area contributed by atoms with Crippen molar-refractivity contribution in [3.8, 4) is 0 Å². The van der Waals surface area contributed by atoms with Gasteiger partial charge >= 0.3 is 5.97 Å². The average Bonchev–Trinajstić information content (AvgIpc) is 2.86. The molecule has 1 aromatic heterocycles. The molecule has 2 N–H and O–H groups in total. The number of nitrogens with one attached hydrogen (secondary N) is 1. The molecule has 0 bridgehead atoms. The third-order valence-electron chi connectivity index (χ3n) is 2.94. The summed E-state index contributed by atoms with van der Waals surface area (Å²) < 4.78 is 1.60. The zero-order valence-electron chi connectivity index (χ0n) is 12.0. The van der Waals surface area contributed by atoms with Crippen molar-refractivity contribution >= 4 is 23.6 Å². The molecule has 0 aliphatic carbocycles. The highest BCUT2D eigenvalue weighted by Gasteiger charge is 2.22. The van der Waals surface area contributed by atoms with E-state index in [9.17, 15) is 9.59 Å². The van der Waals surface area contributed by atoms with Crippen molar-refractivity contribution in [1.82, 2.24) is 15.1 Å². The number of hydrogen-bond acceptors (Lipinski definition) is 4. The van der Waals surface area contributed by atoms with E-state index < -0.39 is 12.0 Å². The maximum Gasteiger partial charge on any atom is 0.326 e. The van der Waals surface area contributed by atoms with Crippen LogP contribution in [-0.4, -0.2) is 44.8 Å². The van der Waals surface area contributed by atoms with Gasteiger partial charge in [-0.15, -0.1) is 0 Å². The molecule has 0 unspecified atom stereocenters. The van der Waals surface area contributed by atoms with Crippen LogP contribution in [-0.2, 0) is 17.8 Å². The maximum atomic E-state index is 12.2. The van der Waals surface area contributed by atoms with Gasteiger partial charge in [0.25, 0.3) is 5.91 Å². The van der Waals surface area contributed by atoms with Gasteiger partial charge in [-0.3, -0.25) is 9.48 Å². The first-order valence-corrected chi connectivity index (χ1v) is 8.02. The summed E-state index contributed by atoms with van der Waals surface area (Å²) in [5.41, 5.74) is 1.24. The quantitative estimate of drug-likeness (QED) is 0.758. The van der Waals surface area contributed by atoms with Crippen LogP contribution in [0.3, 0.4) is 0 Å². The number of thioether (sulfide) groups is 1. The number of rotatable bonds is 8. The van der Waals surface area contributed by atoms with E-state index in [1.165, 1.54) is 0 Å². The van der Waals surface area contributed by atoms with Crippen LogP contribution in [0.5, 0.6) is 0 Å². The second-order valence-electron chi connectivity index (χ2n) is 4.34. The van der Waals surface area contributed by atoms with E-state index >= 15 is 0 Å². The van der Waals surface area contributed by atoms with Crippen LogP contribution in [0.4, 0.5) is 0 Å². The van der Waals surface area contributed by atoms with Crippen molar-refractivity contribution in [2.45, 2.75) is 39.3 Å². The molecule has 20 heavy (non-hydrogen) atoms. The standard InChI is InChI=1S/C13H21N3O3S/c1-4-9-8-11(16(5-2)15-9)12(17)14-10(13(18)19)6-7-20-3/h8,10H,4-7H2,1-3H3,(H,14,17)(H,18,19)/t10-/m0/s1. The minimum absolute atomic E-state index is 0.382. The Morgan fingerprint density at radius 2 is 2.20 bits per heavy atom. The number of amides is 1. The zero-order valence-corrected chi connectivity index (χ0v) is 12.9. The number of aliphatic carboxylic acids is 1. The second kappa shape index (κ2) is 7.94. The van der Waals surface area contributed by atoms with Crippen molar-refractivity contribution < 1.29 is 14.7 Å². The Morgan fingerprint density at radius 3 is 2.70 bits per heavy atom. The largest absolute Gasteiger partial charge is 0.480 e. The summed E-state index contributed by atoms with van der Waals surface area (Å²) in [6, 6.07) is 0.854. The number of carboxylic acids is 1. The molecule has 7 heteroatoms. The lowest BCUT2D eigenvalue weighted by atomic mass is 10.2. The van der Waals surface area contributed by atoms with Gasteiger partial charge in [0, 0.05) is 6.54 Å². The number of carboxylic acid groups (broad SMARTS) is 1. The van der Waals surface area contributed by atoms with E-state index in [1.54, 1.807) is 22.5 Å². The predicted molar refractivity (Wildman–Crippen MR) is 79.2 cm³/mol. The monoisotopic (exact) mass is 299 g/mol. The highest BCUT2D eigenvalue weighted by atomic mass is 32.2. The highest BCUT2D eigenvalue weighted by Crippen LogP contribution is 2.07. The third-order valence-corrected chi connectivity index (χ3v) is 3.58. The van der Waals surface area contributed by atoms with Crippen molar-refractivity contribution in [3.05, 3.63) is 17.5 Å². The van der Waals surface area contributed by atoms with Gasteiger partial charge < -0.3 is 10.4 Å². The van der Waals surface area contributed by atoms with Crippen LogP contribution < -0.4 is 5.32 Å². The summed E-state index contributed by atoms with van der Waals surface area (Å²) in [5.74, 6) is -0.706. The van der Waals surface area contributed by atoms with Crippen molar-refractivity contribution in [3.63, 3.8) is 0 Å². The average molecular weight is 299 g/mol. The number of hydrogen-bond donors (Lipinski definition) is 2. The number of aromatic nitrogens is 2. The summed E-state index contributed by atoms with van der Waals surface area (Å²) in [6.45, 7) is 4.43. The Kier molecular flexibility index (Phi) is 6.57. The molecule has 0 aromatic carbocycles. The molecule has 0 radical (unpaired) electrons. The topological polar surface area (TPSA) is 84.2 Å². The number of aryl methyl sites for hydroxylation is 2. The normalized spacial score (nSPS) is 12.2. The van der Waals surface area contributed by atoms with Gasteiger partial charge in [-0.05, 0) is 37.8 Å². The van der Waals surface area contributed by atoms with Gasteiger partial charge in [0.2, 0.25) is 0 Å². The SMILES string of the molecule is CCc1cc(C(=O)N[C@@H](CCSC)C(=O)O)n(CC)n1. The number of carbonyl (C=O) groups is 2. The predicted octanol–water partition coefficient (Wildman–Crippen LogP) is 1.40. The molecule has 1 amide bonds. The minimum Gasteiger partial charge on any atom is -0.480 e. The zero-order chi connectivity index (χ0) is 15.1. The molecular formula is C13H21N3O3S. The molecule has 6 nitrogen and oxygen atoms in total. The van der Waals surface area contributed by atoms with Gasteiger partial charge in [0.15, 0.2) is 0 Å². The van der Waals surface area contributed by atoms with Gasteiger partial charge in [-0.25, -0.2) is 4.79 Å². The molecule has 1 aromatic rings. The highest BCUT2D eigenvalue weighted by molar-refractivity contribution is 7.98. The Hall–Kier alpha value is -1.50. The maximum absolute atomic E-state index is 12.2. The van der Waals surface area contributed by atoms with Crippen LogP contribution in [0.2, 0.25) is 0 Å². The molecule has 0 aliphatic rings. The number of nitrogens with zero attached hydrogens (tertiary/aromatic N) is 2. The summed E-state index contributed by atoms with van der Waals surface area (Å²) in [5, 5.41) is 16.0. The molecule has 0 spiro atoms. The van der Waals surface area contributed by atoms with E-state index in [4.69, 9.17) is 5.11 Å². The first-order chi connectivity index (χ1) is 9.53. The Morgan fingerprint density at radius 1 is 1.50 bits per heavy atom. The van der Waals surface area contributed by atoms with Crippen LogP contribution in [0.25, 0.3) is 0 Å². The van der Waals surface area contributed by atoms with Gasteiger partial charge in [-0.2, -0.15) is 16.9 Å². The first kappa shape index (κ1) is 16.6. The van der Waals surface area contributed by atoms with Crippen LogP contribution >= 0.6 is 11.8 Å². The Labute approximate surface area is 122 Å². The van der Waals surface area contributed by atoms with Crippen molar-refractivity contribution in [1.29, 1.82) is 0 Å². The lowest BCUT2D eigenvalue weighted by molar-refractivity contribution is -0.139. The summed E-state index contributed by atoms with van der Waals surface area (Å²) in [4.78, 5) is 23.3. The lowest BCUT2D eigenvalue weighted by Gasteiger charge is -2.14. The van der Waals surface area contributed by atoms with Crippen LogP contribution in [0, 0.1) is 0 Å². The second-order valence-corrected chi connectivity index (χ2v) is 5.32. The minimum atomic E-state index is -1.01. The van der Waals surface area contributed by atoms with Gasteiger partial charge in [-0.1, -0.05) is 6.92 Å². The first-order valence-electron chi connectivity index (χ1n) is 6.62. The fourth-order valence-corrected chi connectivity index (χ4v) is 2.26. The molecule has 0 saturated heterocycles. The van der Waals surface area contributed by atoms with Crippen LogP contribution in [0.15, 0.2) is 6.07 Å². The molecule has 0 saturated carbocycles. The van der Waals surface area contributed by atoms with E-state index in [1.807, 2.05) is 20.1 Å². The van der Waals surface area contributed by atoms with E-state index in [2.05, 4.69) is 10.4 Å². The van der Waals surface area contributed by atoms with Gasteiger partial charge in [0.05, 0.1) is 5.69 Å². The van der Waals surface area contributed by atoms with E-state index in [-0.39, 0.29) is 5.91 Å². The fourth-order valence-electron chi connectivity index (χ4n) is 1.79. The van der Waals surface area contributed by atoms with Crippen molar-refractivity contribution in [2.24, 2.45) is 0 Å². The van der Waals surface area contributed by atoms with E-state index in [0.29, 0.717) is 24.4 Å². The smallest absolute Gasteiger partial charge is 0.326 e. The summed E-state index contributed by atoms with van der Waals surface area (Å²) in [6.07, 6.45) is 3.05. The van der Waals surface area contributed by atoms with Crippen LogP contribution in [0.1, 0.15) is 36.5 Å². The Balaban J connectivity index is 2.82. The molecule has 1 heterocycles. The molecule has 1 rings (SSSR count). The molecule has 0 aliphatic heterocycles. The molecule has 1 atom stereocenters. The van der Waals surface area contributed by atoms with Gasteiger partial charge in [0.1, 0.15) is 11.7 Å². The molecule has 0 fully saturated rings. The lowest BCUT2D eigenvalue weighted by Crippen LogP contribution is -2.41. The Bertz CT molecular complexity index is 473. The molecule has 112 valence electrons. The third kappa shape index (κ3) is 4.26. The van der Waals surface area contributed by atoms with E-state index in [0.717, 1.165) is 12.1 Å². The molecular weight excluding hydrogens is 278 g/mol. The summed E-state index contributed by atoms with van der Waals surface area (Å²) >= 11 is 1.55.